The van der Waals surface area contributed by atoms with Crippen molar-refractivity contribution in [2.75, 3.05) is 20.8 Å². The van der Waals surface area contributed by atoms with Gasteiger partial charge < -0.3 is 14.6 Å². The van der Waals surface area contributed by atoms with E-state index in [-0.39, 0.29) is 12.2 Å². The van der Waals surface area contributed by atoms with Crippen molar-refractivity contribution in [1.29, 1.82) is 0 Å². The first-order chi connectivity index (χ1) is 5.75. The van der Waals surface area contributed by atoms with Crippen LogP contribution in [0.25, 0.3) is 0 Å². The summed E-state index contributed by atoms with van der Waals surface area (Å²) in [7, 11) is 2.68. The summed E-state index contributed by atoms with van der Waals surface area (Å²) in [5.74, 6) is 0. The fourth-order valence-electron chi connectivity index (χ4n) is 1.13. The van der Waals surface area contributed by atoms with Gasteiger partial charge >= 0.3 is 0 Å². The Morgan fingerprint density at radius 2 is 2.17 bits per heavy atom. The average molecular weight is 176 g/mol. The molecule has 0 aliphatic carbocycles. The Kier molecular flexibility index (Phi) is 5.88. The molecule has 1 saturated heterocycles. The van der Waals surface area contributed by atoms with Crippen molar-refractivity contribution >= 4 is 5.71 Å². The van der Waals surface area contributed by atoms with Crippen LogP contribution < -0.4 is 5.41 Å². The van der Waals surface area contributed by atoms with Crippen LogP contribution in [0.4, 0.5) is 0 Å². The summed E-state index contributed by atoms with van der Waals surface area (Å²) in [5, 5.41) is 12.7. The van der Waals surface area contributed by atoms with E-state index in [2.05, 4.69) is 0 Å². The average Bonchev–Trinajstić information content (AvgIpc) is 2.13. The third-order valence-corrected chi connectivity index (χ3v) is 1.87. The van der Waals surface area contributed by atoms with E-state index in [1.807, 2.05) is 6.92 Å². The van der Waals surface area contributed by atoms with E-state index in [1.165, 1.54) is 0 Å². The van der Waals surface area contributed by atoms with E-state index in [0.29, 0.717) is 0 Å². The Bertz CT molecular complexity index is 138. The van der Waals surface area contributed by atoms with Gasteiger partial charge in [0.15, 0.2) is 0 Å². The third-order valence-electron chi connectivity index (χ3n) is 1.87. The lowest BCUT2D eigenvalue weighted by Crippen LogP contribution is -2.56. The van der Waals surface area contributed by atoms with Crippen LogP contribution in [0.3, 0.4) is 0 Å². The number of rotatable bonds is 1. The van der Waals surface area contributed by atoms with Gasteiger partial charge in [-0.15, -0.1) is 0 Å². The Hall–Kier alpha value is -0.450. The molecule has 1 aliphatic heterocycles. The molecule has 2 unspecified atom stereocenters. The molecule has 1 heterocycles. The molecule has 0 aromatic carbocycles. The highest BCUT2D eigenvalue weighted by Gasteiger charge is 2.29. The van der Waals surface area contributed by atoms with E-state index < -0.39 is 0 Å². The monoisotopic (exact) mass is 176 g/mol. The van der Waals surface area contributed by atoms with Crippen molar-refractivity contribution in [3.05, 3.63) is 0 Å². The van der Waals surface area contributed by atoms with Crippen LogP contribution in [0.5, 0.6) is 0 Å². The zero-order valence-electron chi connectivity index (χ0n) is 7.91. The van der Waals surface area contributed by atoms with Gasteiger partial charge in [0.25, 0.3) is 0 Å². The van der Waals surface area contributed by atoms with Crippen LogP contribution in [0.15, 0.2) is 0 Å². The van der Waals surface area contributed by atoms with Crippen molar-refractivity contribution < 1.29 is 20.0 Å². The van der Waals surface area contributed by atoms with Crippen molar-refractivity contribution in [3.63, 3.8) is 0 Å². The van der Waals surface area contributed by atoms with Crippen LogP contribution >= 0.6 is 0 Å². The van der Waals surface area contributed by atoms with Gasteiger partial charge in [-0.25, -0.2) is 0 Å². The zero-order valence-corrected chi connectivity index (χ0v) is 7.91. The number of nitrogens with two attached hydrogens (primary N) is 1. The molecule has 1 aliphatic rings. The molecular formula is C8H18NO3+. The minimum Gasteiger partial charge on any atom is -0.400 e. The number of ether oxygens (including phenoxy) is 2. The summed E-state index contributed by atoms with van der Waals surface area (Å²) < 4.78 is 10.4. The van der Waals surface area contributed by atoms with Crippen LogP contribution in [0.1, 0.15) is 13.3 Å². The van der Waals surface area contributed by atoms with Gasteiger partial charge in [-0.3, -0.25) is 5.41 Å². The first kappa shape index (κ1) is 11.6. The summed E-state index contributed by atoms with van der Waals surface area (Å²) >= 11 is 0. The van der Waals surface area contributed by atoms with Crippen molar-refractivity contribution in [2.24, 2.45) is 0 Å². The normalized spacial score (nSPS) is 29.2. The summed E-state index contributed by atoms with van der Waals surface area (Å²) in [6.45, 7) is 2.70. The summed E-state index contributed by atoms with van der Waals surface area (Å²) in [4.78, 5) is 0. The fraction of sp³-hybridized carbons (Fsp3) is 0.875. The van der Waals surface area contributed by atoms with Crippen molar-refractivity contribution in [3.8, 4) is 0 Å². The Morgan fingerprint density at radius 3 is 2.58 bits per heavy atom. The summed E-state index contributed by atoms with van der Waals surface area (Å²) in [6.07, 6.45) is 1.04. The molecule has 4 heteroatoms. The largest absolute Gasteiger partial charge is 0.400 e. The molecule has 72 valence electrons. The molecule has 1 rings (SSSR count). The molecule has 12 heavy (non-hydrogen) atoms. The highest BCUT2D eigenvalue weighted by molar-refractivity contribution is 5.87. The van der Waals surface area contributed by atoms with Crippen molar-refractivity contribution in [1.82, 2.24) is 0 Å². The first-order valence-corrected chi connectivity index (χ1v) is 3.97. The second-order valence-corrected chi connectivity index (χ2v) is 2.53. The van der Waals surface area contributed by atoms with Gasteiger partial charge in [0.1, 0.15) is 12.2 Å². The molecular weight excluding hydrogens is 158 g/mol. The SMILES string of the molecule is CO.COC1CCOC(C)C1=[NH2+]. The second kappa shape index (κ2) is 6.11. The molecule has 4 nitrogen and oxygen atoms in total. The van der Waals surface area contributed by atoms with E-state index in [1.54, 1.807) is 7.11 Å². The number of aliphatic hydroxyl groups excluding tert-OH is 1. The van der Waals surface area contributed by atoms with Crippen molar-refractivity contribution in [2.45, 2.75) is 25.6 Å². The molecule has 0 spiro atoms. The zero-order chi connectivity index (χ0) is 9.56. The Morgan fingerprint density at radius 1 is 1.58 bits per heavy atom. The van der Waals surface area contributed by atoms with Gasteiger partial charge in [0.2, 0.25) is 5.71 Å². The van der Waals surface area contributed by atoms with E-state index in [0.717, 1.165) is 25.8 Å². The highest BCUT2D eigenvalue weighted by atomic mass is 16.5. The maximum Gasteiger partial charge on any atom is 0.207 e. The topological polar surface area (TPSA) is 64.3 Å². The molecule has 0 bridgehead atoms. The van der Waals surface area contributed by atoms with E-state index in [9.17, 15) is 0 Å². The minimum absolute atomic E-state index is 0.0544. The Labute approximate surface area is 73.0 Å². The minimum atomic E-state index is 0.0544. The lowest BCUT2D eigenvalue weighted by atomic mass is 10.1. The van der Waals surface area contributed by atoms with E-state index in [4.69, 9.17) is 20.0 Å². The molecule has 0 aromatic heterocycles. The maximum absolute atomic E-state index is 7.00. The number of hydrogen-bond donors (Lipinski definition) is 2. The van der Waals surface area contributed by atoms with Gasteiger partial charge in [0.05, 0.1) is 6.61 Å². The van der Waals surface area contributed by atoms with Gasteiger partial charge in [0, 0.05) is 20.6 Å². The first-order valence-electron chi connectivity index (χ1n) is 3.97. The molecule has 0 aromatic rings. The maximum atomic E-state index is 7.00. The number of methoxy groups -OCH3 is 1. The van der Waals surface area contributed by atoms with Gasteiger partial charge in [-0.2, -0.15) is 0 Å². The standard InChI is InChI=1S/C7H13NO2.CH4O/c1-5-7(8)6(9-2)3-4-10-5;1-2/h5-6,8H,3-4H2,1-2H3;2H,1H3/p+1. The third kappa shape index (κ3) is 2.89. The quantitative estimate of drug-likeness (QED) is 0.517. The predicted molar refractivity (Wildman–Crippen MR) is 45.9 cm³/mol. The number of hydrogen-bond acceptors (Lipinski definition) is 3. The van der Waals surface area contributed by atoms with Crippen LogP contribution in [-0.4, -0.2) is 43.9 Å². The Balaban J connectivity index is 0.000000561. The predicted octanol–water partition coefficient (Wildman–Crippen LogP) is -1.38. The summed E-state index contributed by atoms with van der Waals surface area (Å²) in [5.41, 5.74) is 0.814. The fourth-order valence-corrected chi connectivity index (χ4v) is 1.13. The van der Waals surface area contributed by atoms with E-state index >= 15 is 0 Å². The van der Waals surface area contributed by atoms with Gasteiger partial charge in [-0.1, -0.05) is 0 Å². The lowest BCUT2D eigenvalue weighted by molar-refractivity contribution is -0.148. The van der Waals surface area contributed by atoms with Gasteiger partial charge in [-0.05, 0) is 6.92 Å². The number of aliphatic hydroxyl groups is 1. The van der Waals surface area contributed by atoms with Crippen LogP contribution in [0, 0.1) is 0 Å². The summed E-state index contributed by atoms with van der Waals surface area (Å²) in [6, 6.07) is 0. The molecule has 0 saturated carbocycles. The second-order valence-electron chi connectivity index (χ2n) is 2.53. The molecule has 0 amide bonds. The molecule has 3 N–H and O–H groups in total. The highest BCUT2D eigenvalue weighted by Crippen LogP contribution is 2.10. The molecule has 1 fully saturated rings. The van der Waals surface area contributed by atoms with Crippen LogP contribution in [-0.2, 0) is 9.47 Å². The van der Waals surface area contributed by atoms with Crippen LogP contribution in [0.2, 0.25) is 0 Å². The lowest BCUT2D eigenvalue weighted by Gasteiger charge is -2.23. The molecule has 2 atom stereocenters. The smallest absolute Gasteiger partial charge is 0.207 e. The molecule has 0 radical (unpaired) electrons.